The van der Waals surface area contributed by atoms with Gasteiger partial charge in [-0.15, -0.1) is 0 Å². The molecule has 0 radical (unpaired) electrons. The zero-order valence-electron chi connectivity index (χ0n) is 19.8. The molecule has 0 aromatic heterocycles. The molecule has 7 nitrogen and oxygen atoms in total. The predicted octanol–water partition coefficient (Wildman–Crippen LogP) is 3.15. The van der Waals surface area contributed by atoms with Gasteiger partial charge in [0.05, 0.1) is 11.9 Å². The maximum absolute atomic E-state index is 14.2. The van der Waals surface area contributed by atoms with E-state index in [1.54, 1.807) is 37.3 Å². The summed E-state index contributed by atoms with van der Waals surface area (Å²) in [5.74, 6) is -1.19. The third-order valence-electron chi connectivity index (χ3n) is 5.71. The summed E-state index contributed by atoms with van der Waals surface area (Å²) in [7, 11) is -2.10. The lowest BCUT2D eigenvalue weighted by molar-refractivity contribution is -0.140. The average Bonchev–Trinajstić information content (AvgIpc) is 2.76. The normalized spacial score (nSPS) is 12.2. The predicted molar refractivity (Wildman–Crippen MR) is 128 cm³/mol. The van der Waals surface area contributed by atoms with E-state index in [4.69, 9.17) is 0 Å². The molecule has 1 atom stereocenters. The number of anilines is 1. The van der Waals surface area contributed by atoms with E-state index in [9.17, 15) is 22.4 Å². The molecule has 0 heterocycles. The second kappa shape index (κ2) is 11.3. The van der Waals surface area contributed by atoms with Crippen LogP contribution >= 0.6 is 0 Å². The first-order valence-corrected chi connectivity index (χ1v) is 12.6. The van der Waals surface area contributed by atoms with E-state index in [-0.39, 0.29) is 37.7 Å². The smallest absolute Gasteiger partial charge is 0.242 e. The Balaban J connectivity index is 2.19. The molecule has 0 saturated carbocycles. The third kappa shape index (κ3) is 6.77. The molecule has 2 rings (SSSR count). The molecule has 2 aromatic rings. The number of sulfonamides is 1. The van der Waals surface area contributed by atoms with Gasteiger partial charge < -0.3 is 10.2 Å². The summed E-state index contributed by atoms with van der Waals surface area (Å²) in [5.41, 5.74) is 2.69. The molecule has 2 amide bonds. The number of benzene rings is 2. The van der Waals surface area contributed by atoms with Crippen molar-refractivity contribution in [2.45, 2.75) is 46.2 Å². The first-order valence-electron chi connectivity index (χ1n) is 10.8. The standard InChI is InChI=1S/C24H32FN3O4S/c1-17-10-8-13-22(18(17)2)28(33(5,31)32)15-9-14-23(29)27(19(3)24(30)26-4)16-20-11-6-7-12-21(20)25/h6-8,10-13,19H,9,14-16H2,1-5H3,(H,26,30)/t19-/m1/s1. The maximum Gasteiger partial charge on any atom is 0.242 e. The molecule has 0 bridgehead atoms. The van der Waals surface area contributed by atoms with Crippen LogP contribution in [0.5, 0.6) is 0 Å². The quantitative estimate of drug-likeness (QED) is 0.570. The topological polar surface area (TPSA) is 86.8 Å². The van der Waals surface area contributed by atoms with E-state index in [0.717, 1.165) is 17.4 Å². The van der Waals surface area contributed by atoms with Crippen LogP contribution in [0.4, 0.5) is 10.1 Å². The van der Waals surface area contributed by atoms with Crippen LogP contribution in [0.15, 0.2) is 42.5 Å². The average molecular weight is 478 g/mol. The molecular weight excluding hydrogens is 445 g/mol. The Morgan fingerprint density at radius 3 is 2.36 bits per heavy atom. The van der Waals surface area contributed by atoms with Crippen LogP contribution in [0, 0.1) is 19.7 Å². The van der Waals surface area contributed by atoms with E-state index in [1.165, 1.54) is 22.3 Å². The second-order valence-electron chi connectivity index (χ2n) is 8.06. The monoisotopic (exact) mass is 477 g/mol. The van der Waals surface area contributed by atoms with Crippen LogP contribution in [-0.2, 0) is 26.2 Å². The Hall–Kier alpha value is -2.94. The van der Waals surface area contributed by atoms with E-state index < -0.39 is 21.9 Å². The van der Waals surface area contributed by atoms with Gasteiger partial charge in [0.2, 0.25) is 21.8 Å². The van der Waals surface area contributed by atoms with Gasteiger partial charge in [-0.1, -0.05) is 30.3 Å². The van der Waals surface area contributed by atoms with Crippen molar-refractivity contribution in [2.24, 2.45) is 0 Å². The maximum atomic E-state index is 14.2. The molecule has 0 unspecified atom stereocenters. The molecule has 0 saturated heterocycles. The summed E-state index contributed by atoms with van der Waals surface area (Å²) >= 11 is 0. The van der Waals surface area contributed by atoms with Crippen LogP contribution in [0.2, 0.25) is 0 Å². The highest BCUT2D eigenvalue weighted by molar-refractivity contribution is 7.92. The number of carbonyl (C=O) groups excluding carboxylic acids is 2. The summed E-state index contributed by atoms with van der Waals surface area (Å²) in [6, 6.07) is 10.7. The van der Waals surface area contributed by atoms with Crippen molar-refractivity contribution in [1.82, 2.24) is 10.2 Å². The number of halogens is 1. The zero-order valence-corrected chi connectivity index (χ0v) is 20.6. The Morgan fingerprint density at radius 1 is 1.09 bits per heavy atom. The lowest BCUT2D eigenvalue weighted by Crippen LogP contribution is -2.47. The number of likely N-dealkylation sites (N-methyl/N-ethyl adjacent to an activating group) is 1. The van der Waals surface area contributed by atoms with E-state index in [1.807, 2.05) is 19.9 Å². The Labute approximate surface area is 195 Å². The van der Waals surface area contributed by atoms with E-state index in [0.29, 0.717) is 11.3 Å². The van der Waals surface area contributed by atoms with Crippen LogP contribution in [0.3, 0.4) is 0 Å². The number of nitrogens with one attached hydrogen (secondary N) is 1. The van der Waals surface area contributed by atoms with Crippen molar-refractivity contribution in [3.05, 3.63) is 65.0 Å². The molecular formula is C24H32FN3O4S. The summed E-state index contributed by atoms with van der Waals surface area (Å²) in [6.07, 6.45) is 1.38. The lowest BCUT2D eigenvalue weighted by atomic mass is 10.1. The molecule has 180 valence electrons. The number of aryl methyl sites for hydroxylation is 1. The number of hydrogen-bond donors (Lipinski definition) is 1. The van der Waals surface area contributed by atoms with Gasteiger partial charge in [0.15, 0.2) is 0 Å². The Morgan fingerprint density at radius 2 is 1.76 bits per heavy atom. The summed E-state index contributed by atoms with van der Waals surface area (Å²) in [6.45, 7) is 5.39. The SMILES string of the molecule is CNC(=O)[C@@H](C)N(Cc1ccccc1F)C(=O)CCCN(c1cccc(C)c1C)S(C)(=O)=O. The number of amides is 2. The molecule has 33 heavy (non-hydrogen) atoms. The third-order valence-corrected chi connectivity index (χ3v) is 6.89. The fourth-order valence-corrected chi connectivity index (χ4v) is 4.61. The summed E-state index contributed by atoms with van der Waals surface area (Å²) in [4.78, 5) is 26.6. The second-order valence-corrected chi connectivity index (χ2v) is 9.97. The highest BCUT2D eigenvalue weighted by Crippen LogP contribution is 2.25. The van der Waals surface area contributed by atoms with Crippen LogP contribution < -0.4 is 9.62 Å². The minimum Gasteiger partial charge on any atom is -0.357 e. The highest BCUT2D eigenvalue weighted by atomic mass is 32.2. The summed E-state index contributed by atoms with van der Waals surface area (Å²) in [5, 5.41) is 2.51. The molecule has 0 spiro atoms. The van der Waals surface area contributed by atoms with Gasteiger partial charge in [-0.25, -0.2) is 12.8 Å². The highest BCUT2D eigenvalue weighted by Gasteiger charge is 2.27. The van der Waals surface area contributed by atoms with Gasteiger partial charge in [0.25, 0.3) is 0 Å². The largest absolute Gasteiger partial charge is 0.357 e. The van der Waals surface area contributed by atoms with Gasteiger partial charge in [-0.3, -0.25) is 13.9 Å². The number of nitrogens with zero attached hydrogens (tertiary/aromatic N) is 2. The van der Waals surface area contributed by atoms with Crippen LogP contribution in [-0.4, -0.2) is 51.0 Å². The molecule has 1 N–H and O–H groups in total. The van der Waals surface area contributed by atoms with Crippen molar-refractivity contribution >= 4 is 27.5 Å². The van der Waals surface area contributed by atoms with Crippen LogP contribution in [0.1, 0.15) is 36.5 Å². The number of carbonyl (C=O) groups is 2. The van der Waals surface area contributed by atoms with Crippen molar-refractivity contribution < 1.29 is 22.4 Å². The minimum absolute atomic E-state index is 0.00662. The zero-order chi connectivity index (χ0) is 24.8. The van der Waals surface area contributed by atoms with Crippen molar-refractivity contribution in [2.75, 3.05) is 24.2 Å². The van der Waals surface area contributed by atoms with Crippen molar-refractivity contribution in [1.29, 1.82) is 0 Å². The van der Waals surface area contributed by atoms with E-state index in [2.05, 4.69) is 5.32 Å². The van der Waals surface area contributed by atoms with E-state index >= 15 is 0 Å². The molecule has 0 aliphatic heterocycles. The molecule has 2 aromatic carbocycles. The molecule has 0 aliphatic carbocycles. The van der Waals surface area contributed by atoms with Gasteiger partial charge in [0.1, 0.15) is 11.9 Å². The van der Waals surface area contributed by atoms with Crippen LogP contribution in [0.25, 0.3) is 0 Å². The Kier molecular flexibility index (Phi) is 8.99. The first kappa shape index (κ1) is 26.3. The molecule has 9 heteroatoms. The van der Waals surface area contributed by atoms with Gasteiger partial charge >= 0.3 is 0 Å². The minimum atomic E-state index is -3.57. The van der Waals surface area contributed by atoms with Crippen molar-refractivity contribution in [3.63, 3.8) is 0 Å². The fraction of sp³-hybridized carbons (Fsp3) is 0.417. The Bertz CT molecular complexity index is 1100. The molecule has 0 aliphatic rings. The van der Waals surface area contributed by atoms with Crippen molar-refractivity contribution in [3.8, 4) is 0 Å². The number of rotatable bonds is 10. The fourth-order valence-electron chi connectivity index (χ4n) is 3.59. The number of hydrogen-bond acceptors (Lipinski definition) is 4. The summed E-state index contributed by atoms with van der Waals surface area (Å²) < 4.78 is 40.4. The van der Waals surface area contributed by atoms with Gasteiger partial charge in [-0.2, -0.15) is 0 Å². The first-order chi connectivity index (χ1) is 15.5. The molecule has 0 fully saturated rings. The van der Waals surface area contributed by atoms with Gasteiger partial charge in [-0.05, 0) is 50.5 Å². The lowest BCUT2D eigenvalue weighted by Gasteiger charge is -2.29. The van der Waals surface area contributed by atoms with Gasteiger partial charge in [0, 0.05) is 32.1 Å².